The number of benzene rings is 1. The van der Waals surface area contributed by atoms with E-state index in [0.717, 1.165) is 19.3 Å². The molecule has 0 aliphatic carbocycles. The molecule has 34 heavy (non-hydrogen) atoms. The Morgan fingerprint density at radius 2 is 1.76 bits per heavy atom. The molecule has 2 amide bonds. The third kappa shape index (κ3) is 4.04. The Labute approximate surface area is 198 Å². The van der Waals surface area contributed by atoms with Gasteiger partial charge in [0, 0.05) is 25.2 Å². The summed E-state index contributed by atoms with van der Waals surface area (Å²) in [5, 5.41) is 8.20. The number of piperidine rings is 1. The maximum atomic E-state index is 12.6. The van der Waals surface area contributed by atoms with E-state index in [-0.39, 0.29) is 11.9 Å². The van der Waals surface area contributed by atoms with Crippen molar-refractivity contribution in [2.45, 2.75) is 25.3 Å². The van der Waals surface area contributed by atoms with E-state index in [1.165, 1.54) is 27.4 Å². The monoisotopic (exact) mass is 469 g/mol. The predicted molar refractivity (Wildman–Crippen MR) is 127 cm³/mol. The number of anilines is 1. The highest BCUT2D eigenvalue weighted by atomic mass is 16.5. The molecule has 2 aliphatic rings. The van der Waals surface area contributed by atoms with Crippen LogP contribution >= 0.6 is 0 Å². The van der Waals surface area contributed by atoms with Crippen LogP contribution in [0.4, 0.5) is 5.82 Å². The van der Waals surface area contributed by atoms with Gasteiger partial charge in [-0.2, -0.15) is 5.10 Å². The minimum atomic E-state index is -0.565. The molecule has 3 heterocycles. The van der Waals surface area contributed by atoms with Crippen LogP contribution in [0.5, 0.6) is 17.2 Å². The van der Waals surface area contributed by atoms with Crippen molar-refractivity contribution in [3.8, 4) is 28.5 Å². The number of ether oxygens (including phenoxy) is 3. The van der Waals surface area contributed by atoms with E-state index < -0.39 is 5.91 Å². The predicted octanol–water partition coefficient (Wildman–Crippen LogP) is 2.46. The van der Waals surface area contributed by atoms with Gasteiger partial charge in [0.1, 0.15) is 17.1 Å². The largest absolute Gasteiger partial charge is 0.493 e. The maximum absolute atomic E-state index is 12.6. The second-order valence-electron chi connectivity index (χ2n) is 8.44. The molecule has 1 aromatic carbocycles. The van der Waals surface area contributed by atoms with Crippen molar-refractivity contribution in [1.82, 2.24) is 14.7 Å². The van der Waals surface area contributed by atoms with Crippen molar-refractivity contribution < 1.29 is 23.8 Å². The molecule has 0 spiro atoms. The Kier molecular flexibility index (Phi) is 6.67. The Hall–Kier alpha value is -3.69. The van der Waals surface area contributed by atoms with Crippen molar-refractivity contribution >= 4 is 17.6 Å². The van der Waals surface area contributed by atoms with E-state index in [1.807, 2.05) is 9.58 Å². The molecule has 1 saturated heterocycles. The van der Waals surface area contributed by atoms with Gasteiger partial charge in [-0.25, -0.2) is 4.68 Å². The van der Waals surface area contributed by atoms with Crippen molar-refractivity contribution in [1.29, 1.82) is 0 Å². The molecule has 4 rings (SSSR count). The number of primary amides is 1. The number of amides is 2. The normalized spacial score (nSPS) is 18.0. The Bertz CT molecular complexity index is 1080. The first-order valence-electron chi connectivity index (χ1n) is 11.3. The van der Waals surface area contributed by atoms with E-state index in [1.54, 1.807) is 12.1 Å². The number of likely N-dealkylation sites (tertiary alicyclic amines) is 1. The summed E-state index contributed by atoms with van der Waals surface area (Å²) in [6, 6.07) is 3.61. The summed E-state index contributed by atoms with van der Waals surface area (Å²) in [5.74, 6) is 1.72. The summed E-state index contributed by atoms with van der Waals surface area (Å²) < 4.78 is 18.3. The highest BCUT2D eigenvalue weighted by Gasteiger charge is 2.36. The van der Waals surface area contributed by atoms with Crippen LogP contribution in [0.15, 0.2) is 24.8 Å². The van der Waals surface area contributed by atoms with Crippen molar-refractivity contribution in [3.63, 3.8) is 0 Å². The molecular weight excluding hydrogens is 438 g/mol. The first-order chi connectivity index (χ1) is 16.4. The van der Waals surface area contributed by atoms with Crippen LogP contribution in [0.3, 0.4) is 0 Å². The molecule has 1 unspecified atom stereocenters. The second-order valence-corrected chi connectivity index (χ2v) is 8.44. The molecule has 1 atom stereocenters. The van der Waals surface area contributed by atoms with Crippen LogP contribution < -0.4 is 25.3 Å². The number of carbonyl (C=O) groups excluding carboxylic acids is 2. The molecule has 1 fully saturated rings. The van der Waals surface area contributed by atoms with Gasteiger partial charge in [-0.05, 0) is 43.4 Å². The Balaban J connectivity index is 1.74. The van der Waals surface area contributed by atoms with Gasteiger partial charge >= 0.3 is 0 Å². The Morgan fingerprint density at radius 1 is 1.12 bits per heavy atom. The molecule has 2 aromatic rings. The lowest BCUT2D eigenvalue weighted by Gasteiger charge is -2.38. The number of fused-ring (bicyclic) bond motifs is 1. The Morgan fingerprint density at radius 3 is 2.29 bits per heavy atom. The highest BCUT2D eigenvalue weighted by Crippen LogP contribution is 2.44. The number of nitrogens with one attached hydrogen (secondary N) is 1. The lowest BCUT2D eigenvalue weighted by molar-refractivity contribution is -0.127. The van der Waals surface area contributed by atoms with Gasteiger partial charge in [-0.3, -0.25) is 9.59 Å². The number of hydrogen-bond acceptors (Lipinski definition) is 7. The van der Waals surface area contributed by atoms with Crippen molar-refractivity contribution in [2.24, 2.45) is 11.7 Å². The van der Waals surface area contributed by atoms with Gasteiger partial charge < -0.3 is 30.2 Å². The number of methoxy groups -OCH3 is 3. The minimum absolute atomic E-state index is 0.0377. The number of aromatic nitrogens is 2. The average Bonchev–Trinajstić information content (AvgIpc) is 3.27. The first kappa shape index (κ1) is 23.5. The number of hydrogen-bond donors (Lipinski definition) is 2. The molecule has 10 nitrogen and oxygen atoms in total. The molecule has 0 saturated carbocycles. The molecule has 0 radical (unpaired) electrons. The summed E-state index contributed by atoms with van der Waals surface area (Å²) in [4.78, 5) is 26.4. The van der Waals surface area contributed by atoms with Gasteiger partial charge in [0.25, 0.3) is 5.91 Å². The third-order valence-corrected chi connectivity index (χ3v) is 6.71. The van der Waals surface area contributed by atoms with Crippen LogP contribution in [0.2, 0.25) is 0 Å². The molecule has 0 bridgehead atoms. The minimum Gasteiger partial charge on any atom is -0.493 e. The van der Waals surface area contributed by atoms with E-state index in [0.29, 0.717) is 65.4 Å². The SMILES string of the molecule is C=CC(=O)N1CCC(C2CCNc3c(C(N)=O)c(-c4cc(OC)c(OC)c(OC)c4)nn32)CC1. The zero-order valence-corrected chi connectivity index (χ0v) is 19.8. The molecule has 2 aliphatic heterocycles. The molecular formula is C24H31N5O5. The zero-order chi connectivity index (χ0) is 24.4. The molecule has 1 aromatic heterocycles. The van der Waals surface area contributed by atoms with E-state index in [2.05, 4.69) is 11.9 Å². The fourth-order valence-corrected chi connectivity index (χ4v) is 5.03. The topological polar surface area (TPSA) is 121 Å². The van der Waals surface area contributed by atoms with Crippen LogP contribution in [-0.2, 0) is 4.79 Å². The number of carbonyl (C=O) groups is 2. The summed E-state index contributed by atoms with van der Waals surface area (Å²) >= 11 is 0. The van der Waals surface area contributed by atoms with E-state index in [4.69, 9.17) is 25.0 Å². The lowest BCUT2D eigenvalue weighted by atomic mass is 9.87. The molecule has 182 valence electrons. The zero-order valence-electron chi connectivity index (χ0n) is 19.8. The molecule has 3 N–H and O–H groups in total. The first-order valence-corrected chi connectivity index (χ1v) is 11.3. The second kappa shape index (κ2) is 9.66. The molecule has 10 heteroatoms. The van der Waals surface area contributed by atoms with Gasteiger partial charge in [0.15, 0.2) is 11.5 Å². The van der Waals surface area contributed by atoms with Crippen molar-refractivity contribution in [2.75, 3.05) is 46.3 Å². The van der Waals surface area contributed by atoms with Gasteiger partial charge in [0.2, 0.25) is 11.7 Å². The van der Waals surface area contributed by atoms with E-state index >= 15 is 0 Å². The van der Waals surface area contributed by atoms with Crippen molar-refractivity contribution in [3.05, 3.63) is 30.4 Å². The average molecular weight is 470 g/mol. The van der Waals surface area contributed by atoms with Crippen LogP contribution in [0.1, 0.15) is 35.7 Å². The summed E-state index contributed by atoms with van der Waals surface area (Å²) in [7, 11) is 4.61. The maximum Gasteiger partial charge on any atom is 0.254 e. The van der Waals surface area contributed by atoms with Gasteiger partial charge in [-0.1, -0.05) is 6.58 Å². The summed E-state index contributed by atoms with van der Waals surface area (Å²) in [6.07, 6.45) is 3.94. The van der Waals surface area contributed by atoms with E-state index in [9.17, 15) is 9.59 Å². The lowest BCUT2D eigenvalue weighted by Crippen LogP contribution is -2.41. The highest BCUT2D eigenvalue weighted by molar-refractivity contribution is 6.04. The van der Waals surface area contributed by atoms with Gasteiger partial charge in [-0.15, -0.1) is 0 Å². The quantitative estimate of drug-likeness (QED) is 0.598. The standard InChI is InChI=1S/C24H31N5O5/c1-5-19(30)28-10-7-14(8-11-28)16-6-9-26-24-20(23(25)31)21(27-29(16)24)15-12-17(32-2)22(34-4)18(13-15)33-3/h5,12-14,16,26H,1,6-11H2,2-4H3,(H2,25,31). The fraction of sp³-hybridized carbons (Fsp3) is 0.458. The fourth-order valence-electron chi connectivity index (χ4n) is 5.03. The summed E-state index contributed by atoms with van der Waals surface area (Å²) in [5.41, 5.74) is 7.26. The summed E-state index contributed by atoms with van der Waals surface area (Å²) in [6.45, 7) is 5.65. The van der Waals surface area contributed by atoms with Gasteiger partial charge in [0.05, 0.1) is 27.4 Å². The number of nitrogens with two attached hydrogens (primary N) is 1. The number of nitrogens with zero attached hydrogens (tertiary/aromatic N) is 3. The van der Waals surface area contributed by atoms with Crippen LogP contribution in [0.25, 0.3) is 11.3 Å². The van der Waals surface area contributed by atoms with Crippen LogP contribution in [-0.4, -0.2) is 67.5 Å². The smallest absolute Gasteiger partial charge is 0.254 e. The number of rotatable bonds is 7. The van der Waals surface area contributed by atoms with Crippen LogP contribution in [0, 0.1) is 5.92 Å². The third-order valence-electron chi connectivity index (χ3n) is 6.71.